The van der Waals surface area contributed by atoms with Crippen LogP contribution in [-0.2, 0) is 6.54 Å². The highest BCUT2D eigenvalue weighted by Crippen LogP contribution is 2.25. The lowest BCUT2D eigenvalue weighted by molar-refractivity contribution is -0.383. The topological polar surface area (TPSA) is 73.8 Å². The third-order valence-corrected chi connectivity index (χ3v) is 3.64. The van der Waals surface area contributed by atoms with Crippen molar-refractivity contribution in [3.8, 4) is 0 Å². The average molecular weight is 274 g/mol. The van der Waals surface area contributed by atoms with Crippen LogP contribution in [0.4, 0.5) is 5.69 Å². The van der Waals surface area contributed by atoms with Gasteiger partial charge in [0, 0.05) is 16.8 Å². The van der Waals surface area contributed by atoms with Gasteiger partial charge in [0.25, 0.3) is 5.69 Å². The van der Waals surface area contributed by atoms with E-state index < -0.39 is 0 Å². The summed E-state index contributed by atoms with van der Waals surface area (Å²) in [6.07, 6.45) is 1.64. The lowest BCUT2D eigenvalue weighted by Gasteiger charge is -2.01. The van der Waals surface area contributed by atoms with E-state index in [0.29, 0.717) is 12.1 Å². The molecule has 6 nitrogen and oxygen atoms in total. The molecule has 0 aliphatic heterocycles. The van der Waals surface area contributed by atoms with Gasteiger partial charge in [-0.3, -0.25) is 14.8 Å². The van der Waals surface area contributed by atoms with Crippen molar-refractivity contribution in [3.63, 3.8) is 0 Å². The van der Waals surface area contributed by atoms with Gasteiger partial charge < -0.3 is 0 Å². The number of nitrogens with zero attached hydrogens (tertiary/aromatic N) is 4. The number of hydrogen-bond acceptors (Lipinski definition) is 5. The molecule has 0 saturated carbocycles. The smallest absolute Gasteiger partial charge is 0.258 e. The van der Waals surface area contributed by atoms with Crippen LogP contribution < -0.4 is 0 Å². The van der Waals surface area contributed by atoms with Crippen LogP contribution in [0.15, 0.2) is 29.8 Å². The van der Waals surface area contributed by atoms with E-state index in [-0.39, 0.29) is 10.6 Å². The van der Waals surface area contributed by atoms with Crippen molar-refractivity contribution in [1.29, 1.82) is 0 Å². The van der Waals surface area contributed by atoms with Crippen LogP contribution in [0.1, 0.15) is 10.7 Å². The number of benzene rings is 1. The maximum absolute atomic E-state index is 11.1. The van der Waals surface area contributed by atoms with Crippen LogP contribution in [-0.4, -0.2) is 19.7 Å². The molecule has 0 unspecified atom stereocenters. The van der Waals surface area contributed by atoms with Crippen LogP contribution in [0, 0.1) is 17.0 Å². The van der Waals surface area contributed by atoms with Crippen molar-refractivity contribution < 1.29 is 4.92 Å². The van der Waals surface area contributed by atoms with Gasteiger partial charge in [0.2, 0.25) is 0 Å². The molecule has 7 heteroatoms. The summed E-state index contributed by atoms with van der Waals surface area (Å²) in [6, 6.07) is 4.98. The summed E-state index contributed by atoms with van der Waals surface area (Å²) in [4.78, 5) is 15.0. The molecule has 3 rings (SSSR count). The second-order valence-corrected chi connectivity index (χ2v) is 5.19. The number of non-ortho nitro benzene ring substituents is 1. The van der Waals surface area contributed by atoms with Crippen molar-refractivity contribution in [3.05, 3.63) is 50.6 Å². The van der Waals surface area contributed by atoms with E-state index in [0.717, 1.165) is 16.1 Å². The number of rotatable bonds is 3. The number of nitro groups is 1. The second-order valence-electron chi connectivity index (χ2n) is 4.13. The molecule has 96 valence electrons. The molecule has 2 aromatic heterocycles. The highest BCUT2D eigenvalue weighted by Gasteiger charge is 2.16. The Kier molecular flexibility index (Phi) is 2.75. The third-order valence-electron chi connectivity index (χ3n) is 2.82. The fourth-order valence-corrected chi connectivity index (χ4v) is 2.63. The Hall–Kier alpha value is -2.28. The molecule has 2 heterocycles. The number of para-hydroxylation sites is 1. The van der Waals surface area contributed by atoms with E-state index in [9.17, 15) is 10.1 Å². The first-order valence-electron chi connectivity index (χ1n) is 5.65. The van der Waals surface area contributed by atoms with Crippen LogP contribution in [0.25, 0.3) is 10.9 Å². The molecule has 19 heavy (non-hydrogen) atoms. The number of hydrogen-bond donors (Lipinski definition) is 0. The normalized spacial score (nSPS) is 11.0. The molecule has 0 bridgehead atoms. The van der Waals surface area contributed by atoms with Gasteiger partial charge in [-0.1, -0.05) is 12.1 Å². The molecule has 0 amide bonds. The summed E-state index contributed by atoms with van der Waals surface area (Å²) >= 11 is 1.56. The molecule has 0 fully saturated rings. The Morgan fingerprint density at radius 1 is 1.47 bits per heavy atom. The zero-order chi connectivity index (χ0) is 13.4. The lowest BCUT2D eigenvalue weighted by atomic mass is 10.2. The minimum atomic E-state index is -0.382. The standard InChI is InChI=1S/C12H10N4O2S/c1-8-14-10(7-19-8)6-15-12-9(5-13-15)3-2-4-11(12)16(17)18/h2-5,7H,6H2,1H3. The molecule has 0 radical (unpaired) electrons. The number of thiazole rings is 1. The average Bonchev–Trinajstić information content (AvgIpc) is 2.97. The fourth-order valence-electron chi connectivity index (χ4n) is 2.03. The van der Waals surface area contributed by atoms with Gasteiger partial charge in [0.15, 0.2) is 0 Å². The Balaban J connectivity index is 2.11. The molecule has 0 spiro atoms. The third kappa shape index (κ3) is 2.08. The van der Waals surface area contributed by atoms with Gasteiger partial charge in [0.05, 0.1) is 28.4 Å². The molecule has 0 N–H and O–H groups in total. The van der Waals surface area contributed by atoms with Gasteiger partial charge in [-0.2, -0.15) is 5.10 Å². The number of fused-ring (bicyclic) bond motifs is 1. The molecule has 0 aliphatic rings. The van der Waals surface area contributed by atoms with Gasteiger partial charge in [-0.15, -0.1) is 11.3 Å². The summed E-state index contributed by atoms with van der Waals surface area (Å²) < 4.78 is 1.63. The summed E-state index contributed by atoms with van der Waals surface area (Å²) in [5.74, 6) is 0. The molecule has 0 atom stereocenters. The van der Waals surface area contributed by atoms with Crippen molar-refractivity contribution >= 4 is 27.9 Å². The van der Waals surface area contributed by atoms with Crippen molar-refractivity contribution in [2.45, 2.75) is 13.5 Å². The first-order valence-corrected chi connectivity index (χ1v) is 6.53. The largest absolute Gasteiger partial charge is 0.295 e. The van der Waals surface area contributed by atoms with Gasteiger partial charge in [-0.05, 0) is 6.92 Å². The molecule has 3 aromatic rings. The van der Waals surface area contributed by atoms with Gasteiger partial charge >= 0.3 is 0 Å². The zero-order valence-corrected chi connectivity index (χ0v) is 10.9. The predicted molar refractivity (Wildman–Crippen MR) is 72.3 cm³/mol. The summed E-state index contributed by atoms with van der Waals surface area (Å²) in [7, 11) is 0. The Morgan fingerprint density at radius 2 is 2.32 bits per heavy atom. The quantitative estimate of drug-likeness (QED) is 0.543. The minimum absolute atomic E-state index is 0.0713. The van der Waals surface area contributed by atoms with Crippen molar-refractivity contribution in [2.24, 2.45) is 0 Å². The maximum atomic E-state index is 11.1. The summed E-state index contributed by atoms with van der Waals surface area (Å²) in [6.45, 7) is 2.37. The Bertz CT molecular complexity index is 762. The summed E-state index contributed by atoms with van der Waals surface area (Å²) in [5, 5.41) is 19.0. The molecule has 0 aliphatic carbocycles. The number of aromatic nitrogens is 3. The Morgan fingerprint density at radius 3 is 3.00 bits per heavy atom. The van der Waals surface area contributed by atoms with E-state index in [2.05, 4.69) is 10.1 Å². The lowest BCUT2D eigenvalue weighted by Crippen LogP contribution is -2.03. The van der Waals surface area contributed by atoms with E-state index in [1.165, 1.54) is 6.07 Å². The zero-order valence-electron chi connectivity index (χ0n) is 10.1. The number of nitro benzene ring substituents is 1. The first-order chi connectivity index (χ1) is 9.15. The Labute approximate surface area is 112 Å². The minimum Gasteiger partial charge on any atom is -0.258 e. The van der Waals surface area contributed by atoms with Crippen molar-refractivity contribution in [1.82, 2.24) is 14.8 Å². The van der Waals surface area contributed by atoms with E-state index >= 15 is 0 Å². The van der Waals surface area contributed by atoms with Crippen LogP contribution in [0.3, 0.4) is 0 Å². The highest BCUT2D eigenvalue weighted by molar-refractivity contribution is 7.09. The first kappa shape index (κ1) is 11.8. The maximum Gasteiger partial charge on any atom is 0.295 e. The van der Waals surface area contributed by atoms with Crippen molar-refractivity contribution in [2.75, 3.05) is 0 Å². The predicted octanol–water partition coefficient (Wildman–Crippen LogP) is 2.76. The SMILES string of the molecule is Cc1nc(Cn2ncc3cccc([N+](=O)[O-])c32)cs1. The monoisotopic (exact) mass is 274 g/mol. The van der Waals surface area contributed by atoms with E-state index in [4.69, 9.17) is 0 Å². The van der Waals surface area contributed by atoms with Gasteiger partial charge in [-0.25, -0.2) is 4.98 Å². The molecule has 1 aromatic carbocycles. The van der Waals surface area contributed by atoms with E-state index in [1.54, 1.807) is 28.3 Å². The van der Waals surface area contributed by atoms with E-state index in [1.807, 2.05) is 18.4 Å². The number of aryl methyl sites for hydroxylation is 1. The van der Waals surface area contributed by atoms with Gasteiger partial charge in [0.1, 0.15) is 5.52 Å². The van der Waals surface area contributed by atoms with Crippen LogP contribution in [0.5, 0.6) is 0 Å². The molecule has 0 saturated heterocycles. The highest BCUT2D eigenvalue weighted by atomic mass is 32.1. The fraction of sp³-hybridized carbons (Fsp3) is 0.167. The molecular formula is C12H10N4O2S. The van der Waals surface area contributed by atoms with Crippen LogP contribution in [0.2, 0.25) is 0 Å². The molecular weight excluding hydrogens is 264 g/mol. The van der Waals surface area contributed by atoms with Crippen LogP contribution >= 0.6 is 11.3 Å². The second kappa shape index (κ2) is 4.43. The summed E-state index contributed by atoms with van der Waals surface area (Å²) in [5.41, 5.74) is 1.48.